The van der Waals surface area contributed by atoms with Gasteiger partial charge in [0.15, 0.2) is 0 Å². The van der Waals surface area contributed by atoms with E-state index in [9.17, 15) is 14.9 Å². The maximum atomic E-state index is 12.5. The molecular formula is C18H18N4O3S. The lowest BCUT2D eigenvalue weighted by Crippen LogP contribution is -2.34. The molecule has 0 fully saturated rings. The third kappa shape index (κ3) is 3.80. The number of carbonyl (C=O) groups is 1. The van der Waals surface area contributed by atoms with Crippen molar-refractivity contribution >= 4 is 38.8 Å². The van der Waals surface area contributed by atoms with E-state index >= 15 is 0 Å². The number of carbonyl (C=O) groups excluding carboxylic acids is 1. The highest BCUT2D eigenvalue weighted by Gasteiger charge is 2.20. The van der Waals surface area contributed by atoms with Crippen LogP contribution in [0.25, 0.3) is 10.2 Å². The Morgan fingerprint density at radius 3 is 2.81 bits per heavy atom. The number of anilines is 1. The van der Waals surface area contributed by atoms with Crippen molar-refractivity contribution in [1.82, 2.24) is 9.88 Å². The monoisotopic (exact) mass is 370 g/mol. The average Bonchev–Trinajstić information content (AvgIpc) is 3.09. The van der Waals surface area contributed by atoms with E-state index in [4.69, 9.17) is 0 Å². The predicted molar refractivity (Wildman–Crippen MR) is 102 cm³/mol. The second kappa shape index (κ2) is 7.49. The predicted octanol–water partition coefficient (Wildman–Crippen LogP) is 3.84. The van der Waals surface area contributed by atoms with Gasteiger partial charge in [0.1, 0.15) is 5.01 Å². The minimum Gasteiger partial charge on any atom is -0.376 e. The van der Waals surface area contributed by atoms with E-state index in [2.05, 4.69) is 10.3 Å². The zero-order chi connectivity index (χ0) is 18.7. The van der Waals surface area contributed by atoms with E-state index in [1.54, 1.807) is 35.4 Å². The van der Waals surface area contributed by atoms with Crippen LogP contribution in [0.3, 0.4) is 0 Å². The summed E-state index contributed by atoms with van der Waals surface area (Å²) in [5.41, 5.74) is 1.45. The van der Waals surface area contributed by atoms with Crippen molar-refractivity contribution in [3.8, 4) is 0 Å². The van der Waals surface area contributed by atoms with Gasteiger partial charge in [0, 0.05) is 24.9 Å². The number of hydrogen-bond acceptors (Lipinski definition) is 6. The Labute approximate surface area is 154 Å². The maximum Gasteiger partial charge on any atom is 0.271 e. The SMILES string of the molecule is C[C@@H](c1nc2ccccc2s1)N(C)C(=O)CNc1cccc([N+](=O)[O-])c1. The van der Waals surface area contributed by atoms with E-state index < -0.39 is 4.92 Å². The fourth-order valence-electron chi connectivity index (χ4n) is 2.48. The first-order valence-corrected chi connectivity index (χ1v) is 8.87. The van der Waals surface area contributed by atoms with Gasteiger partial charge in [-0.3, -0.25) is 14.9 Å². The molecule has 3 rings (SSSR count). The van der Waals surface area contributed by atoms with Crippen LogP contribution in [0.5, 0.6) is 0 Å². The Hall–Kier alpha value is -3.00. The number of nitro benzene ring substituents is 1. The van der Waals surface area contributed by atoms with Crippen LogP contribution in [0.4, 0.5) is 11.4 Å². The lowest BCUT2D eigenvalue weighted by molar-refractivity contribution is -0.384. The highest BCUT2D eigenvalue weighted by molar-refractivity contribution is 7.18. The van der Waals surface area contributed by atoms with Crippen LogP contribution in [0.2, 0.25) is 0 Å². The van der Waals surface area contributed by atoms with Crippen LogP contribution in [0, 0.1) is 10.1 Å². The third-order valence-corrected chi connectivity index (χ3v) is 5.35. The highest BCUT2D eigenvalue weighted by atomic mass is 32.1. The zero-order valence-electron chi connectivity index (χ0n) is 14.4. The summed E-state index contributed by atoms with van der Waals surface area (Å²) in [6.45, 7) is 1.98. The Kier molecular flexibility index (Phi) is 5.13. The number of aromatic nitrogens is 1. The summed E-state index contributed by atoms with van der Waals surface area (Å²) in [6.07, 6.45) is 0. The molecule has 0 saturated heterocycles. The number of fused-ring (bicyclic) bond motifs is 1. The Morgan fingerprint density at radius 1 is 1.31 bits per heavy atom. The molecule has 0 bridgehead atoms. The van der Waals surface area contributed by atoms with Crippen LogP contribution < -0.4 is 5.32 Å². The molecule has 0 aliphatic rings. The van der Waals surface area contributed by atoms with Crippen molar-refractivity contribution in [2.24, 2.45) is 0 Å². The number of nitrogens with zero attached hydrogens (tertiary/aromatic N) is 3. The largest absolute Gasteiger partial charge is 0.376 e. The van der Waals surface area contributed by atoms with E-state index in [0.29, 0.717) is 5.69 Å². The molecule has 0 radical (unpaired) electrons. The van der Waals surface area contributed by atoms with E-state index in [1.165, 1.54) is 12.1 Å². The second-order valence-corrected chi connectivity index (χ2v) is 6.92. The summed E-state index contributed by atoms with van der Waals surface area (Å²) >= 11 is 1.57. The van der Waals surface area contributed by atoms with Crippen molar-refractivity contribution in [3.05, 3.63) is 63.7 Å². The second-order valence-electron chi connectivity index (χ2n) is 5.86. The molecular weight excluding hydrogens is 352 g/mol. The van der Waals surface area contributed by atoms with Crippen molar-refractivity contribution in [1.29, 1.82) is 0 Å². The number of benzene rings is 2. The van der Waals surface area contributed by atoms with Gasteiger partial charge in [0.2, 0.25) is 5.91 Å². The Balaban J connectivity index is 1.65. The van der Waals surface area contributed by atoms with Crippen molar-refractivity contribution < 1.29 is 9.72 Å². The number of rotatable bonds is 6. The molecule has 7 nitrogen and oxygen atoms in total. The van der Waals surface area contributed by atoms with Crippen LogP contribution in [0.15, 0.2) is 48.5 Å². The summed E-state index contributed by atoms with van der Waals surface area (Å²) < 4.78 is 1.09. The number of non-ortho nitro benzene ring substituents is 1. The summed E-state index contributed by atoms with van der Waals surface area (Å²) in [5, 5.41) is 14.6. The Bertz CT molecular complexity index is 923. The fourth-order valence-corrected chi connectivity index (χ4v) is 3.55. The molecule has 26 heavy (non-hydrogen) atoms. The molecule has 1 N–H and O–H groups in total. The van der Waals surface area contributed by atoms with Crippen LogP contribution in [-0.4, -0.2) is 34.3 Å². The van der Waals surface area contributed by atoms with Gasteiger partial charge in [-0.15, -0.1) is 11.3 Å². The van der Waals surface area contributed by atoms with Crippen molar-refractivity contribution in [3.63, 3.8) is 0 Å². The van der Waals surface area contributed by atoms with Gasteiger partial charge in [0.05, 0.1) is 27.7 Å². The minimum absolute atomic E-state index is 0.0151. The van der Waals surface area contributed by atoms with Crippen molar-refractivity contribution in [2.45, 2.75) is 13.0 Å². The summed E-state index contributed by atoms with van der Waals surface area (Å²) in [6, 6.07) is 13.8. The molecule has 0 aliphatic carbocycles. The number of thiazole rings is 1. The minimum atomic E-state index is -0.464. The van der Waals surface area contributed by atoms with E-state index in [0.717, 1.165) is 15.2 Å². The maximum absolute atomic E-state index is 12.5. The lowest BCUT2D eigenvalue weighted by Gasteiger charge is -2.23. The number of amides is 1. The van der Waals surface area contributed by atoms with Crippen molar-refractivity contribution in [2.75, 3.05) is 18.9 Å². The quantitative estimate of drug-likeness (QED) is 0.526. The smallest absolute Gasteiger partial charge is 0.271 e. The molecule has 0 aliphatic heterocycles. The van der Waals surface area contributed by atoms with Gasteiger partial charge >= 0.3 is 0 Å². The third-order valence-electron chi connectivity index (χ3n) is 4.14. The highest BCUT2D eigenvalue weighted by Crippen LogP contribution is 2.28. The number of nitrogens with one attached hydrogen (secondary N) is 1. The molecule has 3 aromatic rings. The first-order chi connectivity index (χ1) is 12.5. The molecule has 134 valence electrons. The first kappa shape index (κ1) is 17.8. The molecule has 1 atom stereocenters. The van der Waals surface area contributed by atoms with Gasteiger partial charge in [-0.1, -0.05) is 18.2 Å². The molecule has 2 aromatic carbocycles. The van der Waals surface area contributed by atoms with Gasteiger partial charge in [0.25, 0.3) is 5.69 Å². The molecule has 0 saturated carbocycles. The van der Waals surface area contributed by atoms with Crippen LogP contribution in [-0.2, 0) is 4.79 Å². The first-order valence-electron chi connectivity index (χ1n) is 8.05. The number of para-hydroxylation sites is 1. The number of likely N-dealkylation sites (N-methyl/N-ethyl adjacent to an activating group) is 1. The molecule has 0 unspecified atom stereocenters. The molecule has 8 heteroatoms. The number of nitro groups is 1. The molecule has 1 heterocycles. The Morgan fingerprint density at radius 2 is 2.08 bits per heavy atom. The van der Waals surface area contributed by atoms with Crippen LogP contribution >= 0.6 is 11.3 Å². The topological polar surface area (TPSA) is 88.4 Å². The summed E-state index contributed by atoms with van der Waals surface area (Å²) in [7, 11) is 1.73. The van der Waals surface area contributed by atoms with E-state index in [1.807, 2.05) is 31.2 Å². The molecule has 0 spiro atoms. The van der Waals surface area contributed by atoms with Crippen LogP contribution in [0.1, 0.15) is 18.0 Å². The summed E-state index contributed by atoms with van der Waals surface area (Å²) in [4.78, 5) is 29.0. The molecule has 1 amide bonds. The normalized spacial score (nSPS) is 11.9. The fraction of sp³-hybridized carbons (Fsp3) is 0.222. The van der Waals surface area contributed by atoms with Gasteiger partial charge in [-0.05, 0) is 25.1 Å². The van der Waals surface area contributed by atoms with Gasteiger partial charge < -0.3 is 10.2 Å². The van der Waals surface area contributed by atoms with Gasteiger partial charge in [-0.2, -0.15) is 0 Å². The number of hydrogen-bond donors (Lipinski definition) is 1. The van der Waals surface area contributed by atoms with E-state index in [-0.39, 0.29) is 24.2 Å². The summed E-state index contributed by atoms with van der Waals surface area (Å²) in [5.74, 6) is -0.122. The average molecular weight is 370 g/mol. The lowest BCUT2D eigenvalue weighted by atomic mass is 10.2. The zero-order valence-corrected chi connectivity index (χ0v) is 15.2. The van der Waals surface area contributed by atoms with Gasteiger partial charge in [-0.25, -0.2) is 4.98 Å². The standard InChI is InChI=1S/C18H18N4O3S/c1-12(18-20-15-8-3-4-9-16(15)26-18)21(2)17(23)11-19-13-6-5-7-14(10-13)22(24)25/h3-10,12,19H,11H2,1-2H3/t12-/m0/s1. The molecule has 1 aromatic heterocycles.